The quantitative estimate of drug-likeness (QED) is 0.789. The Labute approximate surface area is 95.9 Å². The number of anilines is 1. The molecule has 9 heteroatoms. The second-order valence-corrected chi connectivity index (χ2v) is 4.77. The lowest BCUT2D eigenvalue weighted by Crippen LogP contribution is -2.15. The minimum absolute atomic E-state index is 0.0731. The number of hydrogen-bond acceptors (Lipinski definition) is 5. The summed E-state index contributed by atoms with van der Waals surface area (Å²) in [6, 6.07) is 2.75. The van der Waals surface area contributed by atoms with E-state index in [4.69, 9.17) is 11.6 Å². The third-order valence-corrected chi connectivity index (χ3v) is 3.08. The molecule has 2 aromatic rings. The number of aromatic amines is 1. The zero-order chi connectivity index (χ0) is 11.6. The topological polar surface area (TPSA) is 101 Å². The van der Waals surface area contributed by atoms with Crippen molar-refractivity contribution in [3.63, 3.8) is 0 Å². The van der Waals surface area contributed by atoms with Gasteiger partial charge in [0.15, 0.2) is 5.03 Å². The van der Waals surface area contributed by atoms with Crippen molar-refractivity contribution < 1.29 is 8.42 Å². The van der Waals surface area contributed by atoms with Gasteiger partial charge in [-0.2, -0.15) is 13.5 Å². The summed E-state index contributed by atoms with van der Waals surface area (Å²) in [5, 5.41) is 5.94. The van der Waals surface area contributed by atoms with Crippen molar-refractivity contribution in [2.45, 2.75) is 5.03 Å². The van der Waals surface area contributed by atoms with Gasteiger partial charge in [0.2, 0.25) is 5.95 Å². The Morgan fingerprint density at radius 2 is 2.12 bits per heavy atom. The Balaban J connectivity index is 2.29. The fourth-order valence-electron chi connectivity index (χ4n) is 0.954. The Morgan fingerprint density at radius 1 is 1.31 bits per heavy atom. The molecule has 0 amide bonds. The molecule has 2 heterocycles. The van der Waals surface area contributed by atoms with Gasteiger partial charge in [0, 0.05) is 6.20 Å². The van der Waals surface area contributed by atoms with Crippen molar-refractivity contribution in [3.8, 4) is 0 Å². The molecule has 0 unspecified atom stereocenters. The van der Waals surface area contributed by atoms with Crippen LogP contribution in [0.1, 0.15) is 0 Å². The van der Waals surface area contributed by atoms with Gasteiger partial charge in [0.1, 0.15) is 5.15 Å². The highest BCUT2D eigenvalue weighted by Crippen LogP contribution is 2.11. The second-order valence-electron chi connectivity index (χ2n) is 2.73. The average Bonchev–Trinajstić information content (AvgIpc) is 2.69. The summed E-state index contributed by atoms with van der Waals surface area (Å²) in [5.74, 6) is -0.0953. The van der Waals surface area contributed by atoms with Gasteiger partial charge in [-0.3, -0.25) is 5.10 Å². The molecule has 2 rings (SSSR count). The molecule has 0 saturated carbocycles. The van der Waals surface area contributed by atoms with Crippen LogP contribution in [0.15, 0.2) is 29.6 Å². The molecule has 0 spiro atoms. The summed E-state index contributed by atoms with van der Waals surface area (Å²) in [5.41, 5.74) is 0. The first-order valence-electron chi connectivity index (χ1n) is 4.09. The lowest BCUT2D eigenvalue weighted by molar-refractivity contribution is 0.596. The molecule has 7 nitrogen and oxygen atoms in total. The van der Waals surface area contributed by atoms with E-state index in [1.54, 1.807) is 0 Å². The fraction of sp³-hybridized carbons (Fsp3) is 0. The number of nitrogens with zero attached hydrogens (tertiary/aromatic N) is 3. The van der Waals surface area contributed by atoms with Gasteiger partial charge < -0.3 is 0 Å². The van der Waals surface area contributed by atoms with Gasteiger partial charge in [0.05, 0.1) is 6.20 Å². The van der Waals surface area contributed by atoms with Crippen molar-refractivity contribution >= 4 is 27.6 Å². The van der Waals surface area contributed by atoms with Crippen molar-refractivity contribution in [2.75, 3.05) is 4.72 Å². The van der Waals surface area contributed by atoms with Crippen LogP contribution in [-0.2, 0) is 10.0 Å². The lowest BCUT2D eigenvalue weighted by atomic mass is 10.7. The molecule has 0 radical (unpaired) electrons. The van der Waals surface area contributed by atoms with E-state index in [2.05, 4.69) is 24.9 Å². The van der Waals surface area contributed by atoms with Crippen molar-refractivity contribution in [2.24, 2.45) is 0 Å². The summed E-state index contributed by atoms with van der Waals surface area (Å²) in [6.45, 7) is 0. The van der Waals surface area contributed by atoms with E-state index in [9.17, 15) is 8.42 Å². The van der Waals surface area contributed by atoms with Crippen LogP contribution in [0.4, 0.5) is 5.95 Å². The van der Waals surface area contributed by atoms with E-state index in [0.717, 1.165) is 0 Å². The first-order valence-corrected chi connectivity index (χ1v) is 5.95. The molecule has 0 aliphatic heterocycles. The highest BCUT2D eigenvalue weighted by molar-refractivity contribution is 7.92. The molecule has 0 bridgehead atoms. The molecule has 0 aliphatic carbocycles. The van der Waals surface area contributed by atoms with Crippen LogP contribution in [0.3, 0.4) is 0 Å². The number of hydrogen-bond donors (Lipinski definition) is 2. The van der Waals surface area contributed by atoms with Crippen molar-refractivity contribution in [3.05, 3.63) is 29.7 Å². The molecule has 84 valence electrons. The molecule has 0 aliphatic rings. The highest BCUT2D eigenvalue weighted by atomic mass is 35.5. The lowest BCUT2D eigenvalue weighted by Gasteiger charge is -2.03. The van der Waals surface area contributed by atoms with Gasteiger partial charge in [-0.1, -0.05) is 11.6 Å². The Kier molecular flexibility index (Phi) is 2.75. The first-order chi connectivity index (χ1) is 7.58. The zero-order valence-corrected chi connectivity index (χ0v) is 9.33. The predicted molar refractivity (Wildman–Crippen MR) is 56.4 cm³/mol. The van der Waals surface area contributed by atoms with Crippen molar-refractivity contribution in [1.29, 1.82) is 0 Å². The van der Waals surface area contributed by atoms with Crippen LogP contribution in [-0.4, -0.2) is 28.6 Å². The van der Waals surface area contributed by atoms with E-state index in [0.29, 0.717) is 0 Å². The molecule has 2 aromatic heterocycles. The highest BCUT2D eigenvalue weighted by Gasteiger charge is 2.16. The van der Waals surface area contributed by atoms with Crippen LogP contribution in [0.25, 0.3) is 0 Å². The number of H-pyrrole nitrogens is 1. The van der Waals surface area contributed by atoms with Crippen molar-refractivity contribution in [1.82, 2.24) is 20.2 Å². The standard InChI is InChI=1S/C7H6ClN5O2S/c8-5-1-3-9-7(11-5)13-16(14,15)6-2-4-10-12-6/h1-4H,(H,10,12)(H,9,11,13). The molecular formula is C7H6ClN5O2S. The minimum Gasteiger partial charge on any atom is -0.266 e. The van der Waals surface area contributed by atoms with E-state index in [1.807, 2.05) is 0 Å². The normalized spacial score (nSPS) is 11.3. The van der Waals surface area contributed by atoms with Gasteiger partial charge in [-0.25, -0.2) is 14.7 Å². The summed E-state index contributed by atoms with van der Waals surface area (Å²) >= 11 is 5.59. The van der Waals surface area contributed by atoms with Crippen LogP contribution in [0, 0.1) is 0 Å². The Hall–Kier alpha value is -1.67. The number of sulfonamides is 1. The van der Waals surface area contributed by atoms with E-state index in [-0.39, 0.29) is 16.1 Å². The Bertz CT molecular complexity index is 583. The monoisotopic (exact) mass is 259 g/mol. The summed E-state index contributed by atoms with van der Waals surface area (Å²) in [6.07, 6.45) is 2.67. The maximum absolute atomic E-state index is 11.7. The third kappa shape index (κ3) is 2.28. The molecule has 2 N–H and O–H groups in total. The Morgan fingerprint density at radius 3 is 2.75 bits per heavy atom. The van der Waals surface area contributed by atoms with Crippen LogP contribution >= 0.6 is 11.6 Å². The fourth-order valence-corrected chi connectivity index (χ4v) is 1.95. The zero-order valence-electron chi connectivity index (χ0n) is 7.75. The van der Waals surface area contributed by atoms with E-state index >= 15 is 0 Å². The van der Waals surface area contributed by atoms with Crippen LogP contribution in [0.5, 0.6) is 0 Å². The SMILES string of the molecule is O=S(=O)(Nc1nccc(Cl)n1)c1ccn[nH]1. The first kappa shape index (κ1) is 10.8. The number of halogens is 1. The molecular weight excluding hydrogens is 254 g/mol. The average molecular weight is 260 g/mol. The van der Waals surface area contributed by atoms with Gasteiger partial charge in [0.25, 0.3) is 10.0 Å². The maximum Gasteiger partial charge on any atom is 0.281 e. The summed E-state index contributed by atoms with van der Waals surface area (Å²) < 4.78 is 25.5. The van der Waals surface area contributed by atoms with Gasteiger partial charge >= 0.3 is 0 Å². The molecule has 0 atom stereocenters. The number of aromatic nitrogens is 4. The summed E-state index contributed by atoms with van der Waals surface area (Å²) in [7, 11) is -3.74. The second kappa shape index (κ2) is 4.06. The van der Waals surface area contributed by atoms with Crippen LogP contribution < -0.4 is 4.72 Å². The molecule has 0 aromatic carbocycles. The number of nitrogens with one attached hydrogen (secondary N) is 2. The van der Waals surface area contributed by atoms with Gasteiger partial charge in [-0.05, 0) is 12.1 Å². The molecule has 0 fully saturated rings. The molecule has 0 saturated heterocycles. The maximum atomic E-state index is 11.7. The largest absolute Gasteiger partial charge is 0.281 e. The summed E-state index contributed by atoms with van der Waals surface area (Å²) in [4.78, 5) is 7.41. The van der Waals surface area contributed by atoms with E-state index in [1.165, 1.54) is 24.5 Å². The third-order valence-electron chi connectivity index (χ3n) is 1.61. The smallest absolute Gasteiger partial charge is 0.266 e. The number of rotatable bonds is 3. The minimum atomic E-state index is -3.74. The predicted octanol–water partition coefficient (Wildman–Crippen LogP) is 0.654. The van der Waals surface area contributed by atoms with E-state index < -0.39 is 10.0 Å². The van der Waals surface area contributed by atoms with Crippen LogP contribution in [0.2, 0.25) is 5.15 Å². The molecule has 16 heavy (non-hydrogen) atoms. The van der Waals surface area contributed by atoms with Gasteiger partial charge in [-0.15, -0.1) is 0 Å².